The molecule has 2 aromatic carbocycles. The minimum Gasteiger partial charge on any atom is -0.388 e. The third-order valence-corrected chi connectivity index (χ3v) is 10.1. The molecule has 2 nitrogen and oxygen atoms in total. The van der Waals surface area contributed by atoms with Crippen molar-refractivity contribution in [3.05, 3.63) is 60.7 Å². The quantitative estimate of drug-likeness (QED) is 0.159. The summed E-state index contributed by atoms with van der Waals surface area (Å²) in [5.74, 6) is 0.862. The molecule has 2 aromatic rings. The van der Waals surface area contributed by atoms with Gasteiger partial charge in [0, 0.05) is 6.61 Å². The summed E-state index contributed by atoms with van der Waals surface area (Å²) in [6, 6.07) is 21.5. The van der Waals surface area contributed by atoms with Crippen LogP contribution in [0.2, 0.25) is 0 Å². The highest BCUT2D eigenvalue weighted by Gasteiger charge is 2.45. The summed E-state index contributed by atoms with van der Waals surface area (Å²) in [5.41, 5.74) is 0. The van der Waals surface area contributed by atoms with Gasteiger partial charge in [-0.1, -0.05) is 153 Å². The van der Waals surface area contributed by atoms with Gasteiger partial charge in [-0.2, -0.15) is 0 Å². The lowest BCUT2D eigenvalue weighted by Gasteiger charge is -2.38. The van der Waals surface area contributed by atoms with E-state index in [0.717, 1.165) is 13.0 Å². The normalized spacial score (nSPS) is 12.2. The van der Waals surface area contributed by atoms with Gasteiger partial charge in [0.25, 0.3) is 0 Å². The van der Waals surface area contributed by atoms with Gasteiger partial charge in [-0.3, -0.25) is 0 Å². The van der Waals surface area contributed by atoms with Crippen LogP contribution < -0.4 is 10.4 Å². The lowest BCUT2D eigenvalue weighted by atomic mass is 9.97. The van der Waals surface area contributed by atoms with Crippen LogP contribution in [0.4, 0.5) is 0 Å². The summed E-state index contributed by atoms with van der Waals surface area (Å²) in [6.07, 6.45) is 13.5. The third kappa shape index (κ3) is 9.32. The average molecular weight is 483 g/mol. The first-order valence-corrected chi connectivity index (χ1v) is 15.8. The van der Waals surface area contributed by atoms with E-state index in [1.807, 2.05) is 0 Å². The Labute approximate surface area is 211 Å². The third-order valence-electron chi connectivity index (χ3n) is 6.73. The van der Waals surface area contributed by atoms with Gasteiger partial charge < -0.3 is 8.85 Å². The van der Waals surface area contributed by atoms with Crippen LogP contribution in [-0.4, -0.2) is 21.3 Å². The van der Waals surface area contributed by atoms with Gasteiger partial charge in [-0.05, 0) is 28.6 Å². The summed E-state index contributed by atoms with van der Waals surface area (Å²) in [4.78, 5) is 0. The van der Waals surface area contributed by atoms with Crippen molar-refractivity contribution in [1.82, 2.24) is 0 Å². The van der Waals surface area contributed by atoms with Crippen molar-refractivity contribution >= 4 is 18.9 Å². The first kappa shape index (κ1) is 28.8. The van der Waals surface area contributed by atoms with E-state index in [1.165, 1.54) is 68.2 Å². The van der Waals surface area contributed by atoms with E-state index in [4.69, 9.17) is 8.85 Å². The molecule has 34 heavy (non-hydrogen) atoms. The highest BCUT2D eigenvalue weighted by atomic mass is 28.4. The summed E-state index contributed by atoms with van der Waals surface area (Å²) >= 11 is 0. The van der Waals surface area contributed by atoms with Crippen LogP contribution >= 0.6 is 0 Å². The number of hydrogen-bond donors (Lipinski definition) is 0. The van der Waals surface area contributed by atoms with E-state index in [0.29, 0.717) is 11.8 Å². The smallest absolute Gasteiger partial charge is 0.388 e. The molecular weight excluding hydrogens is 432 g/mol. The standard InChI is InChI=1S/C31H50O2Si/c1-6-7-8-9-10-11-12-13-14-21-26-32-34(29-22-17-15-18-23-29,30-24-19-16-20-25-30)33-31(27(2)3)28(4)5/h15-20,22-25,27-28,31H,6-14,21,26H2,1-5H3. The lowest BCUT2D eigenvalue weighted by Crippen LogP contribution is -2.65. The maximum absolute atomic E-state index is 7.14. The molecule has 0 spiro atoms. The van der Waals surface area contributed by atoms with Crippen molar-refractivity contribution in [3.63, 3.8) is 0 Å². The monoisotopic (exact) mass is 482 g/mol. The number of hydrogen-bond acceptors (Lipinski definition) is 2. The Morgan fingerprint density at radius 2 is 1.00 bits per heavy atom. The Kier molecular flexibility index (Phi) is 13.8. The second-order valence-electron chi connectivity index (χ2n) is 10.4. The molecular formula is C31H50O2Si. The van der Waals surface area contributed by atoms with Gasteiger partial charge in [0.1, 0.15) is 0 Å². The molecule has 0 atom stereocenters. The zero-order valence-electron chi connectivity index (χ0n) is 22.6. The van der Waals surface area contributed by atoms with Gasteiger partial charge in [-0.15, -0.1) is 0 Å². The Balaban J connectivity index is 2.07. The van der Waals surface area contributed by atoms with E-state index >= 15 is 0 Å². The van der Waals surface area contributed by atoms with Crippen LogP contribution in [0.25, 0.3) is 0 Å². The second-order valence-corrected chi connectivity index (χ2v) is 13.4. The fourth-order valence-corrected chi connectivity index (χ4v) is 8.49. The molecule has 0 aliphatic heterocycles. The maximum atomic E-state index is 7.14. The Morgan fingerprint density at radius 3 is 1.41 bits per heavy atom. The molecule has 0 heterocycles. The van der Waals surface area contributed by atoms with Crippen molar-refractivity contribution < 1.29 is 8.85 Å². The van der Waals surface area contributed by atoms with Gasteiger partial charge in [0.15, 0.2) is 0 Å². The van der Waals surface area contributed by atoms with Gasteiger partial charge in [0.2, 0.25) is 0 Å². The molecule has 0 N–H and O–H groups in total. The largest absolute Gasteiger partial charge is 0.407 e. The van der Waals surface area contributed by atoms with Gasteiger partial charge >= 0.3 is 8.56 Å². The van der Waals surface area contributed by atoms with E-state index in [1.54, 1.807) is 0 Å². The predicted molar refractivity (Wildman–Crippen MR) is 150 cm³/mol. The number of unbranched alkanes of at least 4 members (excludes halogenated alkanes) is 9. The molecule has 0 aliphatic rings. The van der Waals surface area contributed by atoms with Crippen LogP contribution in [0.3, 0.4) is 0 Å². The average Bonchev–Trinajstić information content (AvgIpc) is 2.85. The fourth-order valence-electron chi connectivity index (χ4n) is 4.86. The van der Waals surface area contributed by atoms with Crippen LogP contribution in [0.15, 0.2) is 60.7 Å². The summed E-state index contributed by atoms with van der Waals surface area (Å²) in [6.45, 7) is 12.1. The van der Waals surface area contributed by atoms with Crippen LogP contribution in [-0.2, 0) is 8.85 Å². The minimum atomic E-state index is -2.83. The highest BCUT2D eigenvalue weighted by Crippen LogP contribution is 2.23. The molecule has 0 fully saturated rings. The van der Waals surface area contributed by atoms with Crippen molar-refractivity contribution in [1.29, 1.82) is 0 Å². The van der Waals surface area contributed by atoms with Crippen molar-refractivity contribution in [2.24, 2.45) is 11.8 Å². The predicted octanol–water partition coefficient (Wildman–Crippen LogP) is 7.88. The second kappa shape index (κ2) is 16.3. The molecule has 190 valence electrons. The summed E-state index contributed by atoms with van der Waals surface area (Å²) < 4.78 is 14.1. The Morgan fingerprint density at radius 1 is 0.588 bits per heavy atom. The molecule has 0 unspecified atom stereocenters. The first-order chi connectivity index (χ1) is 16.5. The molecule has 0 aromatic heterocycles. The molecule has 0 amide bonds. The van der Waals surface area contributed by atoms with E-state index < -0.39 is 8.56 Å². The topological polar surface area (TPSA) is 18.5 Å². The van der Waals surface area contributed by atoms with E-state index in [-0.39, 0.29) is 6.10 Å². The SMILES string of the molecule is CCCCCCCCCCCCO[Si](OC(C(C)C)C(C)C)(c1ccccc1)c1ccccc1. The Bertz CT molecular complexity index is 697. The molecule has 0 radical (unpaired) electrons. The minimum absolute atomic E-state index is 0.153. The van der Waals surface area contributed by atoms with Crippen LogP contribution in [0.5, 0.6) is 0 Å². The van der Waals surface area contributed by atoms with Gasteiger partial charge in [-0.25, -0.2) is 0 Å². The van der Waals surface area contributed by atoms with E-state index in [2.05, 4.69) is 95.3 Å². The first-order valence-electron chi connectivity index (χ1n) is 13.9. The zero-order valence-corrected chi connectivity index (χ0v) is 23.6. The maximum Gasteiger partial charge on any atom is 0.407 e. The summed E-state index contributed by atoms with van der Waals surface area (Å²) in [7, 11) is -2.83. The Hall–Kier alpha value is -1.42. The van der Waals surface area contributed by atoms with Gasteiger partial charge in [0.05, 0.1) is 6.10 Å². The molecule has 3 heteroatoms. The zero-order chi connectivity index (χ0) is 24.7. The molecule has 0 saturated heterocycles. The molecule has 2 rings (SSSR count). The van der Waals surface area contributed by atoms with Crippen molar-refractivity contribution in [2.75, 3.05) is 6.61 Å². The molecule has 0 bridgehead atoms. The number of rotatable bonds is 18. The van der Waals surface area contributed by atoms with Crippen LogP contribution in [0, 0.1) is 11.8 Å². The van der Waals surface area contributed by atoms with Crippen molar-refractivity contribution in [3.8, 4) is 0 Å². The molecule has 0 saturated carbocycles. The van der Waals surface area contributed by atoms with Crippen molar-refractivity contribution in [2.45, 2.75) is 105 Å². The van der Waals surface area contributed by atoms with Crippen LogP contribution in [0.1, 0.15) is 98.8 Å². The van der Waals surface area contributed by atoms with E-state index in [9.17, 15) is 0 Å². The summed E-state index contributed by atoms with van der Waals surface area (Å²) in [5, 5.41) is 2.42. The molecule has 0 aliphatic carbocycles. The number of benzene rings is 2. The fraction of sp³-hybridized carbons (Fsp3) is 0.613. The highest BCUT2D eigenvalue weighted by molar-refractivity contribution is 6.92. The lowest BCUT2D eigenvalue weighted by molar-refractivity contribution is 0.0630.